The average Bonchev–Trinajstić information content (AvgIpc) is 3.21. The van der Waals surface area contributed by atoms with Crippen LogP contribution in [0.5, 0.6) is 34.5 Å². The Balaban J connectivity index is 1.28. The molecule has 0 saturated carbocycles. The Hall–Kier alpha value is -5.64. The molecular weight excluding hydrogens is 661 g/mol. The zero-order chi connectivity index (χ0) is 37.0. The molecule has 6 nitrogen and oxygen atoms in total. The molecule has 0 amide bonds. The maximum atomic E-state index is 6.32. The van der Waals surface area contributed by atoms with Crippen molar-refractivity contribution in [3.8, 4) is 70.0 Å². The van der Waals surface area contributed by atoms with Crippen LogP contribution in [0, 0.1) is 35.5 Å². The lowest BCUT2D eigenvalue weighted by Gasteiger charge is -2.20. The Morgan fingerprint density at radius 3 is 0.849 bits per heavy atom. The van der Waals surface area contributed by atoms with Crippen LogP contribution in [-0.2, 0) is 10.8 Å². The number of ether oxygens (including phenoxy) is 6. The van der Waals surface area contributed by atoms with E-state index in [-0.39, 0.29) is 10.8 Å². The lowest BCUT2D eigenvalue weighted by molar-refractivity contribution is 0.241. The van der Waals surface area contributed by atoms with Crippen LogP contribution in [0.2, 0.25) is 0 Å². The van der Waals surface area contributed by atoms with Crippen molar-refractivity contribution in [1.82, 2.24) is 0 Å². The lowest BCUT2D eigenvalue weighted by atomic mass is 9.86. The van der Waals surface area contributed by atoms with Gasteiger partial charge in [-0.05, 0) is 46.2 Å². The van der Waals surface area contributed by atoms with Crippen LogP contribution < -0.4 is 28.4 Å². The summed E-state index contributed by atoms with van der Waals surface area (Å²) in [6, 6.07) is 20.3. The van der Waals surface area contributed by atoms with Gasteiger partial charge in [-0.15, -0.1) is 0 Å². The monoisotopic (exact) mass is 706 g/mol. The van der Waals surface area contributed by atoms with Crippen molar-refractivity contribution in [1.29, 1.82) is 0 Å². The molecule has 6 heteroatoms. The summed E-state index contributed by atoms with van der Waals surface area (Å²) < 4.78 is 37.5. The molecule has 0 spiro atoms. The molecule has 0 saturated heterocycles. The third-order valence-corrected chi connectivity index (χ3v) is 9.26. The lowest BCUT2D eigenvalue weighted by Crippen LogP contribution is -2.12. The van der Waals surface area contributed by atoms with Gasteiger partial charge in [0.2, 0.25) is 0 Å². The molecule has 3 heterocycles. The normalized spacial score (nSPS) is 15.2. The van der Waals surface area contributed by atoms with Crippen LogP contribution >= 0.6 is 0 Å². The minimum Gasteiger partial charge on any atom is -0.492 e. The summed E-state index contributed by atoms with van der Waals surface area (Å²) in [6.45, 7) is 16.1. The summed E-state index contributed by atoms with van der Waals surface area (Å²) in [6.07, 6.45) is 2.10. The average molecular weight is 707 g/mol. The Kier molecular flexibility index (Phi) is 10.2. The van der Waals surface area contributed by atoms with Crippen LogP contribution in [0.4, 0.5) is 0 Å². The first-order valence-electron chi connectivity index (χ1n) is 18.5. The van der Waals surface area contributed by atoms with Gasteiger partial charge in [0.1, 0.15) is 34.5 Å². The second-order valence-electron chi connectivity index (χ2n) is 15.5. The van der Waals surface area contributed by atoms with Crippen LogP contribution in [0.1, 0.15) is 105 Å². The Bertz CT molecular complexity index is 2060. The minimum absolute atomic E-state index is 0.0163. The minimum atomic E-state index is -0.0163. The van der Waals surface area contributed by atoms with Crippen molar-refractivity contribution in [2.45, 2.75) is 71.6 Å². The van der Waals surface area contributed by atoms with Crippen LogP contribution in [0.3, 0.4) is 0 Å². The molecular formula is C47H46O6. The number of rotatable bonds is 0. The van der Waals surface area contributed by atoms with Crippen LogP contribution in [0.15, 0.2) is 60.7 Å². The summed E-state index contributed by atoms with van der Waals surface area (Å²) in [7, 11) is 0. The van der Waals surface area contributed by atoms with Gasteiger partial charge >= 0.3 is 0 Å². The highest BCUT2D eigenvalue weighted by Gasteiger charge is 2.19. The molecule has 0 N–H and O–H groups in total. The first-order valence-corrected chi connectivity index (χ1v) is 18.5. The number of benzene rings is 4. The SMILES string of the molecule is CC(C)(C)c1ccc2c(c1)C#Cc1cc3c(cc1OCCCO2)C#Cc1cc2c(cc1OCCCO3)C#Cc1cc(C(C)(C)C)ccc1OCCCO2. The van der Waals surface area contributed by atoms with Gasteiger partial charge in [0.25, 0.3) is 0 Å². The standard InChI is InChI=1S/C47H46O6/c1-46(2,3)38-16-18-40-32(26-38)10-12-34-28-44-36(30-42(34)50-22-7-20-48-40)14-15-37-31-43-35(29-45(37)53-25-9-24-52-44)13-11-33-27-39(47(4,5)6)17-19-41(33)49-21-8-23-51-43/h16-19,26-31H,7-9,20-25H2,1-6H3. The molecule has 0 atom stereocenters. The molecule has 4 aromatic carbocycles. The predicted octanol–water partition coefficient (Wildman–Crippen LogP) is 8.96. The zero-order valence-electron chi connectivity index (χ0n) is 31.6. The summed E-state index contributed by atoms with van der Waals surface area (Å²) in [5.41, 5.74) is 6.96. The largest absolute Gasteiger partial charge is 0.492 e. The van der Waals surface area contributed by atoms with E-state index in [1.54, 1.807) is 0 Å². The van der Waals surface area contributed by atoms with E-state index in [2.05, 4.69) is 101 Å². The predicted molar refractivity (Wildman–Crippen MR) is 208 cm³/mol. The summed E-state index contributed by atoms with van der Waals surface area (Å²) in [4.78, 5) is 0. The van der Waals surface area contributed by atoms with Crippen molar-refractivity contribution in [2.24, 2.45) is 0 Å². The first-order chi connectivity index (χ1) is 25.5. The topological polar surface area (TPSA) is 55.4 Å². The molecule has 0 bridgehead atoms. The van der Waals surface area contributed by atoms with Gasteiger partial charge in [-0.2, -0.15) is 0 Å². The smallest absolute Gasteiger partial charge is 0.136 e. The van der Waals surface area contributed by atoms with Crippen LogP contribution in [-0.4, -0.2) is 39.6 Å². The number of hydrogen-bond acceptors (Lipinski definition) is 6. The molecule has 4 aromatic rings. The van der Waals surface area contributed by atoms with Crippen molar-refractivity contribution in [3.05, 3.63) is 105 Å². The molecule has 0 aromatic heterocycles. The maximum Gasteiger partial charge on any atom is 0.136 e. The maximum absolute atomic E-state index is 6.32. The van der Waals surface area contributed by atoms with E-state index in [4.69, 9.17) is 28.4 Å². The Morgan fingerprint density at radius 1 is 0.340 bits per heavy atom. The van der Waals surface area contributed by atoms with Gasteiger partial charge in [-0.25, -0.2) is 0 Å². The zero-order valence-corrected chi connectivity index (χ0v) is 31.6. The second kappa shape index (κ2) is 15.1. The van der Waals surface area contributed by atoms with Gasteiger partial charge in [0.15, 0.2) is 0 Å². The van der Waals surface area contributed by atoms with E-state index in [9.17, 15) is 0 Å². The quantitative estimate of drug-likeness (QED) is 0.170. The summed E-state index contributed by atoms with van der Waals surface area (Å²) in [5.74, 6) is 24.4. The molecule has 3 aliphatic heterocycles. The van der Waals surface area contributed by atoms with E-state index in [1.807, 2.05) is 36.4 Å². The highest BCUT2D eigenvalue weighted by molar-refractivity contribution is 5.65. The number of hydrogen-bond donors (Lipinski definition) is 0. The molecule has 0 fully saturated rings. The van der Waals surface area contributed by atoms with E-state index >= 15 is 0 Å². The van der Waals surface area contributed by atoms with Gasteiger partial charge in [0, 0.05) is 43.5 Å². The summed E-state index contributed by atoms with van der Waals surface area (Å²) in [5, 5.41) is 0. The highest BCUT2D eigenvalue weighted by atomic mass is 16.5. The second-order valence-corrected chi connectivity index (χ2v) is 15.5. The third-order valence-electron chi connectivity index (χ3n) is 9.26. The molecule has 0 radical (unpaired) electrons. The van der Waals surface area contributed by atoms with Crippen LogP contribution in [0.25, 0.3) is 0 Å². The third kappa shape index (κ3) is 8.54. The van der Waals surface area contributed by atoms with Crippen molar-refractivity contribution in [2.75, 3.05) is 39.6 Å². The number of fused-ring (bicyclic) bond motifs is 6. The van der Waals surface area contributed by atoms with Gasteiger partial charge < -0.3 is 28.4 Å². The Labute approximate surface area is 314 Å². The van der Waals surface area contributed by atoms with E-state index in [0.717, 1.165) is 33.8 Å². The highest BCUT2D eigenvalue weighted by Crippen LogP contribution is 2.34. The molecule has 0 aliphatic carbocycles. The van der Waals surface area contributed by atoms with E-state index in [1.165, 1.54) is 11.1 Å². The van der Waals surface area contributed by atoms with Gasteiger partial charge in [-0.1, -0.05) is 89.2 Å². The van der Waals surface area contributed by atoms with Crippen molar-refractivity contribution in [3.63, 3.8) is 0 Å². The van der Waals surface area contributed by atoms with E-state index in [0.29, 0.717) is 93.0 Å². The Morgan fingerprint density at radius 2 is 0.585 bits per heavy atom. The van der Waals surface area contributed by atoms with Crippen molar-refractivity contribution >= 4 is 0 Å². The molecule has 7 rings (SSSR count). The van der Waals surface area contributed by atoms with Crippen molar-refractivity contribution < 1.29 is 28.4 Å². The molecule has 0 unspecified atom stereocenters. The van der Waals surface area contributed by atoms with E-state index < -0.39 is 0 Å². The van der Waals surface area contributed by atoms with Gasteiger partial charge in [0.05, 0.1) is 73.0 Å². The molecule has 53 heavy (non-hydrogen) atoms. The fraction of sp³-hybridized carbons (Fsp3) is 0.362. The summed E-state index contributed by atoms with van der Waals surface area (Å²) >= 11 is 0. The van der Waals surface area contributed by atoms with Gasteiger partial charge in [-0.3, -0.25) is 0 Å². The molecule has 3 aliphatic rings. The first kappa shape index (κ1) is 35.7. The fourth-order valence-electron chi connectivity index (χ4n) is 6.10. The fourth-order valence-corrected chi connectivity index (χ4v) is 6.10. The molecule has 270 valence electrons.